The van der Waals surface area contributed by atoms with E-state index in [1.165, 1.54) is 6.07 Å². The van der Waals surface area contributed by atoms with Crippen molar-refractivity contribution in [2.75, 3.05) is 0 Å². The second-order valence-corrected chi connectivity index (χ2v) is 7.00. The van der Waals surface area contributed by atoms with Crippen LogP contribution in [0, 0.1) is 6.92 Å². The molecule has 0 spiro atoms. The Kier molecular flexibility index (Phi) is 4.76. The number of carbonyl (C=O) groups excluding carboxylic acids is 2. The molecule has 2 aromatic carbocycles. The van der Waals surface area contributed by atoms with Gasteiger partial charge in [-0.2, -0.15) is 0 Å². The summed E-state index contributed by atoms with van der Waals surface area (Å²) in [4.78, 5) is 39.3. The van der Waals surface area contributed by atoms with E-state index in [1.54, 1.807) is 42.8 Å². The fourth-order valence-corrected chi connectivity index (χ4v) is 3.45. The predicted molar refractivity (Wildman–Crippen MR) is 108 cm³/mol. The number of pyridine rings is 1. The minimum Gasteiger partial charge on any atom is -0.483 e. The highest BCUT2D eigenvalue weighted by Gasteiger charge is 2.36. The summed E-state index contributed by atoms with van der Waals surface area (Å²) in [5, 5.41) is 0. The van der Waals surface area contributed by atoms with Crippen LogP contribution in [0.25, 0.3) is 0 Å². The molecule has 6 nitrogen and oxygen atoms in total. The third kappa shape index (κ3) is 3.33. The van der Waals surface area contributed by atoms with Crippen molar-refractivity contribution in [2.24, 2.45) is 7.05 Å². The number of imide groups is 1. The molecule has 4 rings (SSSR count). The molecule has 6 heteroatoms. The van der Waals surface area contributed by atoms with Crippen LogP contribution in [0.5, 0.6) is 5.75 Å². The lowest BCUT2D eigenvalue weighted by Gasteiger charge is -2.21. The molecule has 29 heavy (non-hydrogen) atoms. The van der Waals surface area contributed by atoms with Gasteiger partial charge in [0.25, 0.3) is 11.8 Å². The molecule has 3 aromatic rings. The van der Waals surface area contributed by atoms with Crippen molar-refractivity contribution in [1.29, 1.82) is 0 Å². The first-order valence-corrected chi connectivity index (χ1v) is 9.29. The van der Waals surface area contributed by atoms with E-state index in [0.29, 0.717) is 22.5 Å². The molecular weight excluding hydrogens is 368 g/mol. The molecule has 1 aliphatic heterocycles. The maximum Gasteiger partial charge on any atom is 0.261 e. The van der Waals surface area contributed by atoms with E-state index in [0.717, 1.165) is 10.5 Å². The van der Waals surface area contributed by atoms with Crippen LogP contribution in [-0.2, 0) is 20.2 Å². The Labute approximate surface area is 168 Å². The van der Waals surface area contributed by atoms with Crippen LogP contribution in [0.1, 0.15) is 37.7 Å². The number of carbonyl (C=O) groups is 2. The van der Waals surface area contributed by atoms with Crippen LogP contribution >= 0.6 is 0 Å². The summed E-state index contributed by atoms with van der Waals surface area (Å²) in [6.07, 6.45) is 0. The van der Waals surface area contributed by atoms with Gasteiger partial charge in [-0.1, -0.05) is 42.5 Å². The Morgan fingerprint density at radius 3 is 2.07 bits per heavy atom. The van der Waals surface area contributed by atoms with E-state index in [4.69, 9.17) is 4.74 Å². The van der Waals surface area contributed by atoms with Crippen molar-refractivity contribution in [3.05, 3.63) is 99.0 Å². The Morgan fingerprint density at radius 2 is 1.45 bits per heavy atom. The maximum atomic E-state index is 12.8. The zero-order valence-corrected chi connectivity index (χ0v) is 16.2. The zero-order chi connectivity index (χ0) is 20.5. The Hall–Kier alpha value is -3.67. The van der Waals surface area contributed by atoms with Crippen LogP contribution < -0.4 is 10.2 Å². The van der Waals surface area contributed by atoms with Gasteiger partial charge in [0.2, 0.25) is 5.43 Å². The van der Waals surface area contributed by atoms with E-state index >= 15 is 0 Å². The lowest BCUT2D eigenvalue weighted by molar-refractivity contribution is 0.0637. The Morgan fingerprint density at radius 1 is 0.862 bits per heavy atom. The minimum atomic E-state index is -0.367. The van der Waals surface area contributed by atoms with E-state index in [1.807, 2.05) is 30.3 Å². The number of fused-ring (bicyclic) bond motifs is 1. The highest BCUT2D eigenvalue weighted by atomic mass is 16.5. The smallest absolute Gasteiger partial charge is 0.261 e. The van der Waals surface area contributed by atoms with Crippen molar-refractivity contribution in [2.45, 2.75) is 20.1 Å². The van der Waals surface area contributed by atoms with Crippen LogP contribution in [0.4, 0.5) is 0 Å². The maximum absolute atomic E-state index is 12.8. The highest BCUT2D eigenvalue weighted by Crippen LogP contribution is 2.26. The molecule has 1 aromatic heterocycles. The summed E-state index contributed by atoms with van der Waals surface area (Å²) in [5.41, 5.74) is 2.60. The molecule has 0 unspecified atom stereocenters. The van der Waals surface area contributed by atoms with Gasteiger partial charge in [-0.15, -0.1) is 0 Å². The van der Waals surface area contributed by atoms with Gasteiger partial charge in [-0.25, -0.2) is 0 Å². The largest absolute Gasteiger partial charge is 0.483 e. The fourth-order valence-electron chi connectivity index (χ4n) is 3.45. The quantitative estimate of drug-likeness (QED) is 0.630. The molecule has 0 saturated heterocycles. The molecule has 0 radical (unpaired) electrons. The van der Waals surface area contributed by atoms with Gasteiger partial charge in [0.1, 0.15) is 6.61 Å². The zero-order valence-electron chi connectivity index (χ0n) is 16.2. The summed E-state index contributed by atoms with van der Waals surface area (Å²) >= 11 is 0. The lowest BCUT2D eigenvalue weighted by Crippen LogP contribution is -2.32. The fraction of sp³-hybridized carbons (Fsp3) is 0.174. The van der Waals surface area contributed by atoms with Gasteiger partial charge in [-0.3, -0.25) is 19.3 Å². The Bertz CT molecular complexity index is 1130. The minimum absolute atomic E-state index is 0.0378. The standard InChI is InChI=1S/C23H20N2O4/c1-15-12-20(26)21(29-14-16-8-4-3-5-9-16)19(24(15)2)13-25-22(27)17-10-6-7-11-18(17)23(25)28/h3-12H,13-14H2,1-2H3. The first-order chi connectivity index (χ1) is 14.0. The summed E-state index contributed by atoms with van der Waals surface area (Å²) in [7, 11) is 1.79. The van der Waals surface area contributed by atoms with Gasteiger partial charge in [-0.05, 0) is 24.6 Å². The molecule has 2 heterocycles. The lowest BCUT2D eigenvalue weighted by atomic mass is 10.1. The van der Waals surface area contributed by atoms with Crippen LogP contribution in [0.15, 0.2) is 65.5 Å². The topological polar surface area (TPSA) is 68.6 Å². The van der Waals surface area contributed by atoms with Crippen molar-refractivity contribution in [3.63, 3.8) is 0 Å². The number of amides is 2. The van der Waals surface area contributed by atoms with E-state index in [9.17, 15) is 14.4 Å². The summed E-state index contributed by atoms with van der Waals surface area (Å²) in [5.74, 6) is -0.583. The van der Waals surface area contributed by atoms with Crippen molar-refractivity contribution < 1.29 is 14.3 Å². The average Bonchev–Trinajstić information content (AvgIpc) is 2.97. The predicted octanol–water partition coefficient (Wildman–Crippen LogP) is 3.07. The number of aryl methyl sites for hydroxylation is 1. The number of rotatable bonds is 5. The number of nitrogens with zero attached hydrogens (tertiary/aromatic N) is 2. The number of hydrogen-bond donors (Lipinski definition) is 0. The first kappa shape index (κ1) is 18.7. The van der Waals surface area contributed by atoms with E-state index in [2.05, 4.69) is 0 Å². The van der Waals surface area contributed by atoms with Crippen molar-refractivity contribution in [1.82, 2.24) is 9.47 Å². The molecule has 2 amide bonds. The molecule has 0 atom stereocenters. The Balaban J connectivity index is 1.69. The summed E-state index contributed by atoms with van der Waals surface area (Å²) in [6.45, 7) is 1.98. The van der Waals surface area contributed by atoms with Gasteiger partial charge >= 0.3 is 0 Å². The molecule has 146 valence electrons. The van der Waals surface area contributed by atoms with Gasteiger partial charge in [0.05, 0.1) is 23.4 Å². The van der Waals surface area contributed by atoms with Crippen LogP contribution in [0.3, 0.4) is 0 Å². The number of aromatic nitrogens is 1. The average molecular weight is 388 g/mol. The summed E-state index contributed by atoms with van der Waals surface area (Å²) in [6, 6.07) is 17.7. The second-order valence-electron chi connectivity index (χ2n) is 7.00. The first-order valence-electron chi connectivity index (χ1n) is 9.29. The number of hydrogen-bond acceptors (Lipinski definition) is 4. The second kappa shape index (κ2) is 7.39. The van der Waals surface area contributed by atoms with Gasteiger partial charge in [0, 0.05) is 18.8 Å². The number of ether oxygens (including phenoxy) is 1. The van der Waals surface area contributed by atoms with Crippen LogP contribution in [0.2, 0.25) is 0 Å². The third-order valence-corrected chi connectivity index (χ3v) is 5.17. The monoisotopic (exact) mass is 388 g/mol. The third-order valence-electron chi connectivity index (χ3n) is 5.17. The van der Waals surface area contributed by atoms with Gasteiger partial charge in [0.15, 0.2) is 5.75 Å². The molecule has 1 aliphatic rings. The van der Waals surface area contributed by atoms with Crippen molar-refractivity contribution in [3.8, 4) is 5.75 Å². The van der Waals surface area contributed by atoms with Gasteiger partial charge < -0.3 is 9.30 Å². The van der Waals surface area contributed by atoms with Crippen molar-refractivity contribution >= 4 is 11.8 Å². The normalized spacial score (nSPS) is 13.0. The molecular formula is C23H20N2O4. The molecule has 0 fully saturated rings. The number of benzene rings is 2. The SMILES string of the molecule is Cc1cc(=O)c(OCc2ccccc2)c(CN2C(=O)c3ccccc3C2=O)n1C. The molecule has 0 saturated carbocycles. The summed E-state index contributed by atoms with van der Waals surface area (Å²) < 4.78 is 7.65. The molecule has 0 bridgehead atoms. The van der Waals surface area contributed by atoms with E-state index < -0.39 is 0 Å². The molecule has 0 N–H and O–H groups in total. The highest BCUT2D eigenvalue weighted by molar-refractivity contribution is 6.21. The van der Waals surface area contributed by atoms with Crippen LogP contribution in [-0.4, -0.2) is 21.3 Å². The van der Waals surface area contributed by atoms with E-state index in [-0.39, 0.29) is 36.1 Å². The molecule has 0 aliphatic carbocycles.